The van der Waals surface area contributed by atoms with E-state index >= 15 is 0 Å². The summed E-state index contributed by atoms with van der Waals surface area (Å²) in [4.78, 5) is 25.7. The number of carboxylic acids is 1. The number of carbonyl (C=O) groups excluding carboxylic acids is 1. The Morgan fingerprint density at radius 2 is 1.68 bits per heavy atom. The Morgan fingerprint density at radius 3 is 2.27 bits per heavy atom. The highest BCUT2D eigenvalue weighted by Gasteiger charge is 2.50. The lowest BCUT2D eigenvalue weighted by Gasteiger charge is -2.39. The number of rotatable bonds is 2. The van der Waals surface area contributed by atoms with Gasteiger partial charge in [-0.05, 0) is 54.4 Å². The summed E-state index contributed by atoms with van der Waals surface area (Å²) in [6.45, 7) is 7.66. The van der Waals surface area contributed by atoms with Gasteiger partial charge >= 0.3 is 5.97 Å². The van der Waals surface area contributed by atoms with Crippen LogP contribution < -0.4 is 0 Å². The van der Waals surface area contributed by atoms with E-state index in [0.717, 1.165) is 25.8 Å². The normalized spacial score (nSPS) is 29.4. The molecule has 118 valence electrons. The summed E-state index contributed by atoms with van der Waals surface area (Å²) in [5.41, 5.74) is 1.28. The van der Waals surface area contributed by atoms with Crippen LogP contribution in [-0.2, 0) is 0 Å². The Hall–Kier alpha value is -1.84. The first-order chi connectivity index (χ1) is 10.2. The number of hydrogen-bond acceptors (Lipinski definition) is 2. The van der Waals surface area contributed by atoms with Gasteiger partial charge in [0.15, 0.2) is 0 Å². The highest BCUT2D eigenvalue weighted by molar-refractivity contribution is 5.96. The minimum Gasteiger partial charge on any atom is -0.478 e. The van der Waals surface area contributed by atoms with E-state index in [0.29, 0.717) is 11.6 Å². The van der Waals surface area contributed by atoms with Crippen LogP contribution in [0.25, 0.3) is 0 Å². The third-order valence-electron chi connectivity index (χ3n) is 5.05. The van der Waals surface area contributed by atoms with E-state index in [-0.39, 0.29) is 22.3 Å². The molecule has 1 aliphatic heterocycles. The second-order valence-corrected chi connectivity index (χ2v) is 8.03. The number of benzene rings is 1. The summed E-state index contributed by atoms with van der Waals surface area (Å²) in [5, 5.41) is 8.95. The predicted octanol–water partition coefficient (Wildman–Crippen LogP) is 3.43. The molecule has 1 heterocycles. The van der Waals surface area contributed by atoms with E-state index < -0.39 is 5.97 Å². The summed E-state index contributed by atoms with van der Waals surface area (Å²) in [7, 11) is 0. The number of likely N-dealkylation sites (tertiary alicyclic amines) is 1. The fraction of sp³-hybridized carbons (Fsp3) is 0.556. The van der Waals surface area contributed by atoms with Crippen LogP contribution in [0.15, 0.2) is 24.3 Å². The lowest BCUT2D eigenvalue weighted by atomic mass is 9.65. The Kier molecular flexibility index (Phi) is 3.31. The molecule has 22 heavy (non-hydrogen) atoms. The molecule has 3 rings (SSSR count). The van der Waals surface area contributed by atoms with Crippen molar-refractivity contribution < 1.29 is 14.7 Å². The van der Waals surface area contributed by atoms with Crippen LogP contribution in [0.4, 0.5) is 0 Å². The van der Waals surface area contributed by atoms with Crippen molar-refractivity contribution >= 4 is 11.9 Å². The van der Waals surface area contributed by atoms with E-state index in [1.807, 2.05) is 4.90 Å². The maximum atomic E-state index is 12.8. The Balaban J connectivity index is 1.83. The van der Waals surface area contributed by atoms with Crippen LogP contribution in [0.5, 0.6) is 0 Å². The molecule has 0 spiro atoms. The minimum atomic E-state index is -0.967. The molecule has 2 atom stereocenters. The molecule has 1 aliphatic carbocycles. The van der Waals surface area contributed by atoms with E-state index in [1.54, 1.807) is 12.1 Å². The predicted molar refractivity (Wildman–Crippen MR) is 84.0 cm³/mol. The highest BCUT2D eigenvalue weighted by Crippen LogP contribution is 2.52. The van der Waals surface area contributed by atoms with E-state index in [9.17, 15) is 9.59 Å². The smallest absolute Gasteiger partial charge is 0.335 e. The molecule has 1 aromatic rings. The minimum absolute atomic E-state index is 0.0309. The maximum absolute atomic E-state index is 12.8. The van der Waals surface area contributed by atoms with Gasteiger partial charge in [-0.3, -0.25) is 4.79 Å². The van der Waals surface area contributed by atoms with Crippen LogP contribution in [-0.4, -0.2) is 34.5 Å². The summed E-state index contributed by atoms with van der Waals surface area (Å²) in [6, 6.07) is 6.57. The molecular formula is C18H23NO3. The monoisotopic (exact) mass is 301 g/mol. The van der Waals surface area contributed by atoms with Crippen LogP contribution in [0.1, 0.15) is 60.7 Å². The van der Waals surface area contributed by atoms with E-state index in [4.69, 9.17) is 5.11 Å². The number of carboxylic acid groups (broad SMARTS) is 1. The average Bonchev–Trinajstić information content (AvgIpc) is 2.67. The molecule has 0 radical (unpaired) electrons. The first kappa shape index (κ1) is 15.1. The van der Waals surface area contributed by atoms with Crippen molar-refractivity contribution in [2.75, 3.05) is 6.54 Å². The Labute approximate surface area is 131 Å². The molecule has 1 N–H and O–H groups in total. The van der Waals surface area contributed by atoms with Crippen molar-refractivity contribution in [1.29, 1.82) is 0 Å². The molecule has 1 aromatic carbocycles. The standard InChI is InChI=1S/C18H23NO3/c1-17(2)8-14-9-18(3,10-17)11-19(14)15(20)12-4-6-13(7-5-12)16(21)22/h4-7,14H,8-11H2,1-3H3,(H,21,22). The quantitative estimate of drug-likeness (QED) is 0.910. The van der Waals surface area contributed by atoms with E-state index in [1.165, 1.54) is 12.1 Å². The van der Waals surface area contributed by atoms with Crippen molar-refractivity contribution in [2.24, 2.45) is 10.8 Å². The molecule has 2 unspecified atom stereocenters. The summed E-state index contributed by atoms with van der Waals surface area (Å²) in [5.74, 6) is -0.936. The molecule has 2 aliphatic rings. The topological polar surface area (TPSA) is 57.6 Å². The fourth-order valence-electron chi connectivity index (χ4n) is 4.62. The molecule has 2 bridgehead atoms. The third-order valence-corrected chi connectivity index (χ3v) is 5.05. The molecule has 4 heteroatoms. The van der Waals surface area contributed by atoms with Gasteiger partial charge in [-0.15, -0.1) is 0 Å². The van der Waals surface area contributed by atoms with Gasteiger partial charge in [0.2, 0.25) is 0 Å². The van der Waals surface area contributed by atoms with Gasteiger partial charge in [0, 0.05) is 18.2 Å². The number of nitrogens with zero attached hydrogens (tertiary/aromatic N) is 1. The van der Waals surface area contributed by atoms with Crippen molar-refractivity contribution in [3.63, 3.8) is 0 Å². The van der Waals surface area contributed by atoms with Crippen molar-refractivity contribution in [3.05, 3.63) is 35.4 Å². The molecule has 1 saturated heterocycles. The van der Waals surface area contributed by atoms with Crippen molar-refractivity contribution in [1.82, 2.24) is 4.90 Å². The summed E-state index contributed by atoms with van der Waals surface area (Å²) >= 11 is 0. The summed E-state index contributed by atoms with van der Waals surface area (Å²) < 4.78 is 0. The molecule has 2 fully saturated rings. The second-order valence-electron chi connectivity index (χ2n) is 8.03. The number of aromatic carboxylic acids is 1. The van der Waals surface area contributed by atoms with Gasteiger partial charge in [0.25, 0.3) is 5.91 Å². The highest BCUT2D eigenvalue weighted by atomic mass is 16.4. The fourth-order valence-corrected chi connectivity index (χ4v) is 4.62. The van der Waals surface area contributed by atoms with Gasteiger partial charge in [-0.25, -0.2) is 4.79 Å². The number of amides is 1. The molecule has 0 aromatic heterocycles. The largest absolute Gasteiger partial charge is 0.478 e. The first-order valence-electron chi connectivity index (χ1n) is 7.84. The van der Waals surface area contributed by atoms with Crippen molar-refractivity contribution in [2.45, 2.75) is 46.1 Å². The maximum Gasteiger partial charge on any atom is 0.335 e. The average molecular weight is 301 g/mol. The summed E-state index contributed by atoms with van der Waals surface area (Å²) in [6.07, 6.45) is 3.27. The SMILES string of the molecule is CC1(C)CC2CC(C)(CN2C(=O)c2ccc(C(=O)O)cc2)C1. The zero-order valence-corrected chi connectivity index (χ0v) is 13.4. The number of hydrogen-bond donors (Lipinski definition) is 1. The van der Waals surface area contributed by atoms with Gasteiger partial charge in [0.05, 0.1) is 5.56 Å². The Morgan fingerprint density at radius 1 is 1.09 bits per heavy atom. The number of carbonyl (C=O) groups is 2. The van der Waals surface area contributed by atoms with E-state index in [2.05, 4.69) is 20.8 Å². The van der Waals surface area contributed by atoms with Crippen LogP contribution in [0, 0.1) is 10.8 Å². The van der Waals surface area contributed by atoms with Gasteiger partial charge in [-0.2, -0.15) is 0 Å². The molecule has 1 saturated carbocycles. The van der Waals surface area contributed by atoms with Gasteiger partial charge in [-0.1, -0.05) is 20.8 Å². The zero-order valence-electron chi connectivity index (χ0n) is 13.4. The second kappa shape index (κ2) is 4.83. The third kappa shape index (κ3) is 2.62. The van der Waals surface area contributed by atoms with Crippen LogP contribution in [0.2, 0.25) is 0 Å². The number of fused-ring (bicyclic) bond motifs is 2. The van der Waals surface area contributed by atoms with Crippen LogP contribution in [0.3, 0.4) is 0 Å². The lowest BCUT2D eigenvalue weighted by molar-refractivity contribution is 0.0687. The van der Waals surface area contributed by atoms with Crippen molar-refractivity contribution in [3.8, 4) is 0 Å². The molecule has 1 amide bonds. The van der Waals surface area contributed by atoms with Crippen LogP contribution >= 0.6 is 0 Å². The zero-order chi connectivity index (χ0) is 16.1. The van der Waals surface area contributed by atoms with Gasteiger partial charge in [0.1, 0.15) is 0 Å². The Bertz CT molecular complexity index is 620. The molecule has 4 nitrogen and oxygen atoms in total. The molecular weight excluding hydrogens is 278 g/mol. The van der Waals surface area contributed by atoms with Gasteiger partial charge < -0.3 is 10.0 Å². The first-order valence-corrected chi connectivity index (χ1v) is 7.84. The lowest BCUT2D eigenvalue weighted by Crippen LogP contribution is -2.37.